The number of carbonyl (C=O) groups excluding carboxylic acids is 1. The summed E-state index contributed by atoms with van der Waals surface area (Å²) in [7, 11) is -3.87. The Morgan fingerprint density at radius 1 is 1.00 bits per heavy atom. The first-order valence-corrected chi connectivity index (χ1v) is 10.5. The summed E-state index contributed by atoms with van der Waals surface area (Å²) >= 11 is 0. The molecule has 2 rings (SSSR count). The summed E-state index contributed by atoms with van der Waals surface area (Å²) in [5.41, 5.74) is 2.37. The molecule has 0 saturated heterocycles. The van der Waals surface area contributed by atoms with E-state index in [0.29, 0.717) is 5.69 Å². The van der Waals surface area contributed by atoms with Crippen LogP contribution in [0.4, 0.5) is 5.69 Å². The molecule has 2 aromatic carbocycles. The van der Waals surface area contributed by atoms with Crippen LogP contribution in [0.3, 0.4) is 0 Å². The van der Waals surface area contributed by atoms with Gasteiger partial charge in [0.25, 0.3) is 10.0 Å². The van der Waals surface area contributed by atoms with E-state index in [1.54, 1.807) is 42.5 Å². The number of anilines is 1. The summed E-state index contributed by atoms with van der Waals surface area (Å²) in [6.45, 7) is 9.44. The van der Waals surface area contributed by atoms with Gasteiger partial charge in [0.1, 0.15) is 6.54 Å². The first-order chi connectivity index (χ1) is 12.6. The molecular weight excluding hydrogens is 360 g/mol. The number of amides is 1. The Balaban J connectivity index is 2.41. The minimum atomic E-state index is -3.87. The lowest BCUT2D eigenvalue weighted by molar-refractivity contribution is -0.120. The van der Waals surface area contributed by atoms with E-state index in [2.05, 4.69) is 5.32 Å². The van der Waals surface area contributed by atoms with Gasteiger partial charge in [-0.25, -0.2) is 8.42 Å². The molecule has 1 amide bonds. The summed E-state index contributed by atoms with van der Waals surface area (Å²) in [4.78, 5) is 12.7. The fourth-order valence-corrected chi connectivity index (χ4v) is 3.95. The summed E-state index contributed by atoms with van der Waals surface area (Å²) in [5.74, 6) is -0.0662. The lowest BCUT2D eigenvalue weighted by Crippen LogP contribution is -2.45. The van der Waals surface area contributed by atoms with Gasteiger partial charge in [-0.3, -0.25) is 9.10 Å². The van der Waals surface area contributed by atoms with Crippen LogP contribution in [-0.4, -0.2) is 26.9 Å². The maximum atomic E-state index is 13.3. The molecule has 0 aromatic heterocycles. The summed E-state index contributed by atoms with van der Waals surface area (Å²) < 4.78 is 27.7. The largest absolute Gasteiger partial charge is 0.352 e. The Labute approximate surface area is 162 Å². The van der Waals surface area contributed by atoms with E-state index in [-0.39, 0.29) is 29.3 Å². The molecule has 0 radical (unpaired) electrons. The SMILES string of the molecule is Cc1ccc(S(=O)(=O)N(CC(=O)N[C@@H](C)C(C)C)c2cccc(C)c2)cc1. The predicted octanol–water partition coefficient (Wildman–Crippen LogP) is 3.66. The first kappa shape index (κ1) is 21.0. The minimum absolute atomic E-state index is 0.0426. The third-order valence-corrected chi connectivity index (χ3v) is 6.36. The average molecular weight is 389 g/mol. The van der Waals surface area contributed by atoms with Gasteiger partial charge in [0.05, 0.1) is 10.6 Å². The van der Waals surface area contributed by atoms with Crippen molar-refractivity contribution in [3.8, 4) is 0 Å². The van der Waals surface area contributed by atoms with Gasteiger partial charge in [-0.2, -0.15) is 0 Å². The Hall–Kier alpha value is -2.34. The van der Waals surface area contributed by atoms with Crippen LogP contribution in [0.15, 0.2) is 53.4 Å². The zero-order valence-corrected chi connectivity index (χ0v) is 17.4. The van der Waals surface area contributed by atoms with Crippen molar-refractivity contribution < 1.29 is 13.2 Å². The van der Waals surface area contributed by atoms with E-state index < -0.39 is 10.0 Å². The van der Waals surface area contributed by atoms with Crippen molar-refractivity contribution in [3.05, 3.63) is 59.7 Å². The van der Waals surface area contributed by atoms with Crippen LogP contribution in [0, 0.1) is 19.8 Å². The fourth-order valence-electron chi connectivity index (χ4n) is 2.53. The molecule has 0 saturated carbocycles. The molecule has 146 valence electrons. The highest BCUT2D eigenvalue weighted by atomic mass is 32.2. The third kappa shape index (κ3) is 5.32. The van der Waals surface area contributed by atoms with Crippen LogP contribution in [-0.2, 0) is 14.8 Å². The number of nitrogens with one attached hydrogen (secondary N) is 1. The minimum Gasteiger partial charge on any atom is -0.352 e. The standard InChI is InChI=1S/C21H28N2O3S/c1-15(2)18(5)22-21(24)14-23(19-8-6-7-17(4)13-19)27(25,26)20-11-9-16(3)10-12-20/h6-13,15,18H,14H2,1-5H3,(H,22,24)/t18-/m0/s1. The first-order valence-electron chi connectivity index (χ1n) is 9.06. The Kier molecular flexibility index (Phi) is 6.65. The topological polar surface area (TPSA) is 66.5 Å². The maximum absolute atomic E-state index is 13.3. The highest BCUT2D eigenvalue weighted by Crippen LogP contribution is 2.24. The Morgan fingerprint density at radius 3 is 2.19 bits per heavy atom. The van der Waals surface area contributed by atoms with Crippen molar-refractivity contribution in [1.29, 1.82) is 0 Å². The van der Waals surface area contributed by atoms with Gasteiger partial charge in [-0.1, -0.05) is 43.7 Å². The van der Waals surface area contributed by atoms with Crippen molar-refractivity contribution >= 4 is 21.6 Å². The van der Waals surface area contributed by atoms with Crippen LogP contribution < -0.4 is 9.62 Å². The molecule has 0 fully saturated rings. The summed E-state index contributed by atoms with van der Waals surface area (Å²) in [6, 6.07) is 13.8. The average Bonchev–Trinajstić information content (AvgIpc) is 2.59. The molecule has 6 heteroatoms. The van der Waals surface area contributed by atoms with Gasteiger partial charge < -0.3 is 5.32 Å². The van der Waals surface area contributed by atoms with Crippen molar-refractivity contribution in [3.63, 3.8) is 0 Å². The van der Waals surface area contributed by atoms with Crippen molar-refractivity contribution in [2.75, 3.05) is 10.8 Å². The van der Waals surface area contributed by atoms with Gasteiger partial charge >= 0.3 is 0 Å². The highest BCUT2D eigenvalue weighted by Gasteiger charge is 2.27. The number of hydrogen-bond acceptors (Lipinski definition) is 3. The number of sulfonamides is 1. The van der Waals surface area contributed by atoms with Crippen molar-refractivity contribution in [2.24, 2.45) is 5.92 Å². The zero-order valence-electron chi connectivity index (χ0n) is 16.6. The second kappa shape index (κ2) is 8.57. The number of benzene rings is 2. The Morgan fingerprint density at radius 2 is 1.63 bits per heavy atom. The number of nitrogens with zero attached hydrogens (tertiary/aromatic N) is 1. The van der Waals surface area contributed by atoms with Crippen LogP contribution in [0.1, 0.15) is 31.9 Å². The third-order valence-electron chi connectivity index (χ3n) is 4.57. The van der Waals surface area contributed by atoms with E-state index in [0.717, 1.165) is 11.1 Å². The number of hydrogen-bond donors (Lipinski definition) is 1. The normalized spacial score (nSPS) is 12.7. The second-order valence-electron chi connectivity index (χ2n) is 7.26. The second-order valence-corrected chi connectivity index (χ2v) is 9.13. The van der Waals surface area contributed by atoms with Gasteiger partial charge in [0, 0.05) is 6.04 Å². The molecule has 0 heterocycles. The molecule has 0 unspecified atom stereocenters. The van der Waals surface area contributed by atoms with E-state index in [9.17, 15) is 13.2 Å². The maximum Gasteiger partial charge on any atom is 0.264 e. The molecule has 0 aliphatic heterocycles. The number of carbonyl (C=O) groups is 1. The Bertz CT molecular complexity index is 890. The molecular formula is C21H28N2O3S. The monoisotopic (exact) mass is 388 g/mol. The fraction of sp³-hybridized carbons (Fsp3) is 0.381. The molecule has 5 nitrogen and oxygen atoms in total. The highest BCUT2D eigenvalue weighted by molar-refractivity contribution is 7.92. The lowest BCUT2D eigenvalue weighted by atomic mass is 10.1. The molecule has 0 aliphatic carbocycles. The van der Waals surface area contributed by atoms with Crippen molar-refractivity contribution in [1.82, 2.24) is 5.32 Å². The van der Waals surface area contributed by atoms with Crippen LogP contribution in [0.25, 0.3) is 0 Å². The molecule has 2 aromatic rings. The van der Waals surface area contributed by atoms with Crippen LogP contribution >= 0.6 is 0 Å². The van der Waals surface area contributed by atoms with Gasteiger partial charge in [0.15, 0.2) is 0 Å². The van der Waals surface area contributed by atoms with Gasteiger partial charge in [-0.05, 0) is 56.5 Å². The number of rotatable bonds is 7. The van der Waals surface area contributed by atoms with E-state index in [4.69, 9.17) is 0 Å². The van der Waals surface area contributed by atoms with Crippen LogP contribution in [0.5, 0.6) is 0 Å². The van der Waals surface area contributed by atoms with Gasteiger partial charge in [0.2, 0.25) is 5.91 Å². The molecule has 0 bridgehead atoms. The van der Waals surface area contributed by atoms with Gasteiger partial charge in [-0.15, -0.1) is 0 Å². The summed E-state index contributed by atoms with van der Waals surface area (Å²) in [6.07, 6.45) is 0. The van der Waals surface area contributed by atoms with Crippen LogP contribution in [0.2, 0.25) is 0 Å². The molecule has 1 atom stereocenters. The zero-order chi connectivity index (χ0) is 20.2. The molecule has 0 aliphatic rings. The van der Waals surface area contributed by atoms with E-state index >= 15 is 0 Å². The quantitative estimate of drug-likeness (QED) is 0.787. The van der Waals surface area contributed by atoms with E-state index in [1.807, 2.05) is 40.7 Å². The molecule has 27 heavy (non-hydrogen) atoms. The summed E-state index contributed by atoms with van der Waals surface area (Å²) in [5, 5.41) is 2.88. The predicted molar refractivity (Wildman–Crippen MR) is 109 cm³/mol. The van der Waals surface area contributed by atoms with Crippen molar-refractivity contribution in [2.45, 2.75) is 45.6 Å². The lowest BCUT2D eigenvalue weighted by Gasteiger charge is -2.26. The smallest absolute Gasteiger partial charge is 0.264 e. The molecule has 0 spiro atoms. The molecule has 1 N–H and O–H groups in total. The number of aryl methyl sites for hydroxylation is 2. The van der Waals surface area contributed by atoms with E-state index in [1.165, 1.54) is 4.31 Å².